The standard InChI is InChI=1S/C21H30ClN7O6S2/c1-6-34-17(30)14-12(2)24-19(36-14)27-18-25-15(22)13-8-7-10-29(16(13)26-18)11-9-23-37(32,33)28-20(31)35-21(3,4)5/h23H,6-11H2,1-5H3,(H,28,31)(H,24,25,26,27). The zero-order chi connectivity index (χ0) is 27.4. The maximum Gasteiger partial charge on any atom is 0.422 e. The maximum absolute atomic E-state index is 12.2. The number of nitrogens with one attached hydrogen (secondary N) is 3. The summed E-state index contributed by atoms with van der Waals surface area (Å²) in [6, 6.07) is 0. The summed E-state index contributed by atoms with van der Waals surface area (Å²) < 4.78 is 38.6. The molecule has 3 rings (SSSR count). The summed E-state index contributed by atoms with van der Waals surface area (Å²) in [5, 5.41) is 3.66. The van der Waals surface area contributed by atoms with E-state index in [9.17, 15) is 18.0 Å². The fourth-order valence-corrected chi connectivity index (χ4v) is 5.25. The number of amides is 1. The number of rotatable bonds is 9. The molecule has 1 aliphatic rings. The van der Waals surface area contributed by atoms with Crippen molar-refractivity contribution in [2.75, 3.05) is 36.5 Å². The van der Waals surface area contributed by atoms with Crippen molar-refractivity contribution in [1.82, 2.24) is 24.4 Å². The van der Waals surface area contributed by atoms with Crippen molar-refractivity contribution < 1.29 is 27.5 Å². The number of fused-ring (bicyclic) bond motifs is 1. The number of thiazole rings is 1. The molecule has 3 heterocycles. The summed E-state index contributed by atoms with van der Waals surface area (Å²) in [5.74, 6) is 0.295. The van der Waals surface area contributed by atoms with E-state index >= 15 is 0 Å². The Morgan fingerprint density at radius 3 is 2.62 bits per heavy atom. The van der Waals surface area contributed by atoms with Crippen molar-refractivity contribution >= 4 is 62.1 Å². The number of hydrogen-bond donors (Lipinski definition) is 3. The van der Waals surface area contributed by atoms with Crippen molar-refractivity contribution in [3.8, 4) is 0 Å². The van der Waals surface area contributed by atoms with Gasteiger partial charge in [-0.15, -0.1) is 0 Å². The highest BCUT2D eigenvalue weighted by Gasteiger charge is 2.25. The molecule has 0 spiro atoms. The predicted octanol–water partition coefficient (Wildman–Crippen LogP) is 2.93. The van der Waals surface area contributed by atoms with Gasteiger partial charge in [-0.2, -0.15) is 18.1 Å². The van der Waals surface area contributed by atoms with Crippen molar-refractivity contribution in [3.05, 3.63) is 21.3 Å². The number of halogens is 1. The Labute approximate surface area is 224 Å². The molecule has 0 atom stereocenters. The Hall–Kier alpha value is -2.75. The van der Waals surface area contributed by atoms with Crippen LogP contribution >= 0.6 is 22.9 Å². The second kappa shape index (κ2) is 11.8. The summed E-state index contributed by atoms with van der Waals surface area (Å²) in [4.78, 5) is 39.4. The molecule has 0 saturated heterocycles. The number of carbonyl (C=O) groups excluding carboxylic acids is 2. The van der Waals surface area contributed by atoms with Gasteiger partial charge in [-0.05, 0) is 47.5 Å². The molecule has 0 bridgehead atoms. The SMILES string of the molecule is CCOC(=O)c1sc(Nc2nc(Cl)c3c(n2)N(CCNS(=O)(=O)NC(=O)OC(C)(C)C)CCC3)nc1C. The van der Waals surface area contributed by atoms with Gasteiger partial charge in [0.15, 0.2) is 5.13 Å². The molecule has 0 radical (unpaired) electrons. The van der Waals surface area contributed by atoms with Crippen LogP contribution in [0.2, 0.25) is 5.15 Å². The molecule has 0 fully saturated rings. The number of aromatic nitrogens is 3. The lowest BCUT2D eigenvalue weighted by Crippen LogP contribution is -2.45. The molecule has 3 N–H and O–H groups in total. The average molecular weight is 576 g/mol. The first-order valence-electron chi connectivity index (χ1n) is 11.5. The van der Waals surface area contributed by atoms with Crippen LogP contribution in [0.4, 0.5) is 21.7 Å². The number of carbonyl (C=O) groups is 2. The van der Waals surface area contributed by atoms with Gasteiger partial charge in [-0.1, -0.05) is 22.9 Å². The van der Waals surface area contributed by atoms with E-state index < -0.39 is 27.9 Å². The molecule has 2 aromatic rings. The van der Waals surface area contributed by atoms with Crippen LogP contribution in [0.25, 0.3) is 0 Å². The molecule has 0 aliphatic carbocycles. The quantitative estimate of drug-likeness (QED) is 0.297. The van der Waals surface area contributed by atoms with E-state index in [0.717, 1.165) is 23.3 Å². The largest absolute Gasteiger partial charge is 0.462 e. The molecule has 13 nitrogen and oxygen atoms in total. The van der Waals surface area contributed by atoms with E-state index in [-0.39, 0.29) is 30.8 Å². The summed E-state index contributed by atoms with van der Waals surface area (Å²) in [7, 11) is -4.12. The minimum Gasteiger partial charge on any atom is -0.462 e. The lowest BCUT2D eigenvalue weighted by atomic mass is 10.1. The van der Waals surface area contributed by atoms with Gasteiger partial charge in [0.05, 0.1) is 12.3 Å². The summed E-state index contributed by atoms with van der Waals surface area (Å²) in [6.45, 7) is 9.45. The fraction of sp³-hybridized carbons (Fsp3) is 0.571. The molecule has 37 heavy (non-hydrogen) atoms. The monoisotopic (exact) mass is 575 g/mol. The third-order valence-electron chi connectivity index (χ3n) is 4.86. The number of ether oxygens (including phenoxy) is 2. The molecular weight excluding hydrogens is 546 g/mol. The van der Waals surface area contributed by atoms with Crippen molar-refractivity contribution in [2.45, 2.75) is 53.1 Å². The Balaban J connectivity index is 1.69. The Morgan fingerprint density at radius 1 is 1.22 bits per heavy atom. The lowest BCUT2D eigenvalue weighted by molar-refractivity contribution is 0.0528. The van der Waals surface area contributed by atoms with Crippen LogP contribution in [0.3, 0.4) is 0 Å². The number of anilines is 3. The van der Waals surface area contributed by atoms with Gasteiger partial charge in [-0.25, -0.2) is 24.3 Å². The third-order valence-corrected chi connectivity index (χ3v) is 7.24. The van der Waals surface area contributed by atoms with Crippen molar-refractivity contribution in [2.24, 2.45) is 0 Å². The first-order chi connectivity index (χ1) is 17.3. The van der Waals surface area contributed by atoms with Gasteiger partial charge in [0, 0.05) is 25.2 Å². The van der Waals surface area contributed by atoms with E-state index in [0.29, 0.717) is 34.5 Å². The first kappa shape index (κ1) is 28.8. The minimum absolute atomic E-state index is 0.00344. The van der Waals surface area contributed by atoms with Crippen LogP contribution in [0.1, 0.15) is 55.0 Å². The second-order valence-corrected chi connectivity index (χ2v) is 11.9. The van der Waals surface area contributed by atoms with Gasteiger partial charge >= 0.3 is 22.3 Å². The van der Waals surface area contributed by atoms with E-state index in [1.165, 1.54) is 0 Å². The Bertz CT molecular complexity index is 1260. The Morgan fingerprint density at radius 2 is 1.95 bits per heavy atom. The zero-order valence-electron chi connectivity index (χ0n) is 21.2. The van der Waals surface area contributed by atoms with E-state index in [4.69, 9.17) is 21.1 Å². The molecule has 16 heteroatoms. The first-order valence-corrected chi connectivity index (χ1v) is 14.2. The summed E-state index contributed by atoms with van der Waals surface area (Å²) in [6.07, 6.45) is 0.378. The van der Waals surface area contributed by atoms with Crippen LogP contribution in [0.5, 0.6) is 0 Å². The molecule has 0 unspecified atom stereocenters. The number of hydrogen-bond acceptors (Lipinski definition) is 12. The highest BCUT2D eigenvalue weighted by Crippen LogP contribution is 2.32. The van der Waals surface area contributed by atoms with Crippen LogP contribution < -0.4 is 19.7 Å². The van der Waals surface area contributed by atoms with Gasteiger partial charge in [0.25, 0.3) is 0 Å². The van der Waals surface area contributed by atoms with E-state index in [1.54, 1.807) is 34.6 Å². The number of nitrogens with zero attached hydrogens (tertiary/aromatic N) is 4. The Kier molecular flexibility index (Phi) is 9.15. The molecule has 2 aromatic heterocycles. The van der Waals surface area contributed by atoms with Gasteiger partial charge in [0.1, 0.15) is 21.4 Å². The maximum atomic E-state index is 12.2. The van der Waals surface area contributed by atoms with Gasteiger partial charge < -0.3 is 14.4 Å². The number of esters is 1. The molecule has 0 saturated carbocycles. The summed E-state index contributed by atoms with van der Waals surface area (Å²) in [5.41, 5.74) is 0.430. The van der Waals surface area contributed by atoms with E-state index in [2.05, 4.69) is 25.0 Å². The zero-order valence-corrected chi connectivity index (χ0v) is 23.6. The number of aryl methyl sites for hydroxylation is 1. The second-order valence-electron chi connectivity index (χ2n) is 9.01. The van der Waals surface area contributed by atoms with Crippen LogP contribution in [0.15, 0.2) is 0 Å². The smallest absolute Gasteiger partial charge is 0.422 e. The van der Waals surface area contributed by atoms with Crippen LogP contribution in [-0.4, -0.2) is 67.3 Å². The molecule has 1 amide bonds. The van der Waals surface area contributed by atoms with Crippen LogP contribution in [-0.2, 0) is 26.1 Å². The third kappa shape index (κ3) is 8.12. The van der Waals surface area contributed by atoms with E-state index in [1.807, 2.05) is 9.62 Å². The fourth-order valence-electron chi connectivity index (χ4n) is 3.44. The molecule has 0 aromatic carbocycles. The molecule has 204 valence electrons. The minimum atomic E-state index is -4.12. The summed E-state index contributed by atoms with van der Waals surface area (Å²) >= 11 is 7.56. The van der Waals surface area contributed by atoms with Crippen molar-refractivity contribution in [1.29, 1.82) is 0 Å². The molecule has 1 aliphatic heterocycles. The normalized spacial score (nSPS) is 13.6. The average Bonchev–Trinajstić information content (AvgIpc) is 3.12. The van der Waals surface area contributed by atoms with Crippen molar-refractivity contribution in [3.63, 3.8) is 0 Å². The highest BCUT2D eigenvalue weighted by molar-refractivity contribution is 7.88. The predicted molar refractivity (Wildman–Crippen MR) is 140 cm³/mol. The van der Waals surface area contributed by atoms with Gasteiger partial charge in [0.2, 0.25) is 5.95 Å². The lowest BCUT2D eigenvalue weighted by Gasteiger charge is -2.30. The molecular formula is C21H30ClN7O6S2. The van der Waals surface area contributed by atoms with Gasteiger partial charge in [-0.3, -0.25) is 5.32 Å². The van der Waals surface area contributed by atoms with Crippen LogP contribution in [0, 0.1) is 6.92 Å². The topological polar surface area (TPSA) is 165 Å². The highest BCUT2D eigenvalue weighted by atomic mass is 35.5.